The predicted molar refractivity (Wildman–Crippen MR) is 60.0 cm³/mol. The summed E-state index contributed by atoms with van der Waals surface area (Å²) in [6.07, 6.45) is 2.25. The highest BCUT2D eigenvalue weighted by atomic mass is 14.0. The molecule has 0 N–H and O–H groups in total. The fourth-order valence-electron chi connectivity index (χ4n) is 1.71. The minimum absolute atomic E-state index is 1.35. The SMILES string of the molecule is CC(C)=Cc1c(C)cc(C)cc1C. The van der Waals surface area contributed by atoms with Gasteiger partial charge in [-0.3, -0.25) is 0 Å². The van der Waals surface area contributed by atoms with Crippen LogP contribution in [0.4, 0.5) is 0 Å². The minimum atomic E-state index is 1.35. The molecular weight excluding hydrogens is 156 g/mol. The summed E-state index contributed by atoms with van der Waals surface area (Å²) in [4.78, 5) is 0. The molecule has 0 heterocycles. The lowest BCUT2D eigenvalue weighted by Gasteiger charge is -2.07. The van der Waals surface area contributed by atoms with Gasteiger partial charge in [-0.2, -0.15) is 0 Å². The molecular formula is C13H18. The summed E-state index contributed by atoms with van der Waals surface area (Å²) in [7, 11) is 0. The molecule has 0 heteroatoms. The van der Waals surface area contributed by atoms with Crippen molar-refractivity contribution < 1.29 is 0 Å². The fourth-order valence-corrected chi connectivity index (χ4v) is 1.71. The third-order valence-electron chi connectivity index (χ3n) is 2.17. The zero-order chi connectivity index (χ0) is 10.0. The molecule has 70 valence electrons. The second kappa shape index (κ2) is 3.78. The van der Waals surface area contributed by atoms with E-state index in [4.69, 9.17) is 0 Å². The average Bonchev–Trinajstić information content (AvgIpc) is 1.96. The Bertz CT molecular complexity index is 316. The van der Waals surface area contributed by atoms with E-state index in [1.807, 2.05) is 0 Å². The van der Waals surface area contributed by atoms with Crippen LogP contribution in [0, 0.1) is 20.8 Å². The third kappa shape index (κ3) is 2.45. The van der Waals surface area contributed by atoms with Crippen LogP contribution in [0.15, 0.2) is 17.7 Å². The Morgan fingerprint density at radius 3 is 1.85 bits per heavy atom. The lowest BCUT2D eigenvalue weighted by molar-refractivity contribution is 1.29. The molecule has 13 heavy (non-hydrogen) atoms. The van der Waals surface area contributed by atoms with Crippen molar-refractivity contribution in [2.45, 2.75) is 34.6 Å². The van der Waals surface area contributed by atoms with E-state index in [0.29, 0.717) is 0 Å². The Labute approximate surface area is 81.3 Å². The number of benzene rings is 1. The van der Waals surface area contributed by atoms with Gasteiger partial charge in [-0.15, -0.1) is 0 Å². The van der Waals surface area contributed by atoms with Crippen LogP contribution in [-0.4, -0.2) is 0 Å². The fraction of sp³-hybridized carbons (Fsp3) is 0.385. The summed E-state index contributed by atoms with van der Waals surface area (Å²) in [5.41, 5.74) is 6.83. The largest absolute Gasteiger partial charge is 0.0758 e. The van der Waals surface area contributed by atoms with Gasteiger partial charge in [0.15, 0.2) is 0 Å². The molecule has 0 atom stereocenters. The molecule has 0 aliphatic carbocycles. The number of allylic oxidation sites excluding steroid dienone is 1. The Hall–Kier alpha value is -1.04. The van der Waals surface area contributed by atoms with Gasteiger partial charge in [0.2, 0.25) is 0 Å². The lowest BCUT2D eigenvalue weighted by Crippen LogP contribution is -1.88. The number of aryl methyl sites for hydroxylation is 3. The minimum Gasteiger partial charge on any atom is -0.0758 e. The van der Waals surface area contributed by atoms with Crippen molar-refractivity contribution in [1.29, 1.82) is 0 Å². The summed E-state index contributed by atoms with van der Waals surface area (Å²) in [6, 6.07) is 4.48. The zero-order valence-corrected chi connectivity index (χ0v) is 9.23. The summed E-state index contributed by atoms with van der Waals surface area (Å²) < 4.78 is 0. The Kier molecular flexibility index (Phi) is 2.92. The van der Waals surface area contributed by atoms with Gasteiger partial charge in [-0.25, -0.2) is 0 Å². The van der Waals surface area contributed by atoms with Gasteiger partial charge >= 0.3 is 0 Å². The van der Waals surface area contributed by atoms with Gasteiger partial charge in [0, 0.05) is 0 Å². The molecule has 0 aliphatic rings. The van der Waals surface area contributed by atoms with E-state index in [1.54, 1.807) is 0 Å². The van der Waals surface area contributed by atoms with Gasteiger partial charge in [-0.05, 0) is 51.3 Å². The van der Waals surface area contributed by atoms with Crippen LogP contribution in [-0.2, 0) is 0 Å². The van der Waals surface area contributed by atoms with Gasteiger partial charge in [-0.1, -0.05) is 29.3 Å². The molecule has 0 bridgehead atoms. The summed E-state index contributed by atoms with van der Waals surface area (Å²) in [5.74, 6) is 0. The molecule has 0 fully saturated rings. The van der Waals surface area contributed by atoms with Crippen LogP contribution in [0.2, 0.25) is 0 Å². The summed E-state index contributed by atoms with van der Waals surface area (Å²) in [6.45, 7) is 10.8. The standard InChI is InChI=1S/C13H18/c1-9(2)6-13-11(4)7-10(3)8-12(13)5/h6-8H,1-5H3. The van der Waals surface area contributed by atoms with Crippen LogP contribution in [0.5, 0.6) is 0 Å². The van der Waals surface area contributed by atoms with Gasteiger partial charge in [0.05, 0.1) is 0 Å². The average molecular weight is 174 g/mol. The van der Waals surface area contributed by atoms with Crippen LogP contribution in [0.3, 0.4) is 0 Å². The van der Waals surface area contributed by atoms with E-state index < -0.39 is 0 Å². The maximum absolute atomic E-state index is 2.25. The molecule has 0 spiro atoms. The molecule has 0 amide bonds. The van der Waals surface area contributed by atoms with E-state index in [0.717, 1.165) is 0 Å². The van der Waals surface area contributed by atoms with Crippen molar-refractivity contribution in [2.24, 2.45) is 0 Å². The first-order chi connectivity index (χ1) is 6.00. The Morgan fingerprint density at radius 2 is 1.46 bits per heavy atom. The van der Waals surface area contributed by atoms with Crippen LogP contribution in [0.25, 0.3) is 6.08 Å². The molecule has 1 aromatic rings. The van der Waals surface area contributed by atoms with Crippen molar-refractivity contribution >= 4 is 6.08 Å². The van der Waals surface area contributed by atoms with E-state index in [2.05, 4.69) is 52.8 Å². The predicted octanol–water partition coefficient (Wildman–Crippen LogP) is 4.04. The smallest absolute Gasteiger partial charge is 0.0198 e. The highest BCUT2D eigenvalue weighted by molar-refractivity contribution is 5.60. The number of hydrogen-bond acceptors (Lipinski definition) is 0. The molecule has 0 saturated carbocycles. The maximum Gasteiger partial charge on any atom is -0.0198 e. The highest BCUT2D eigenvalue weighted by Gasteiger charge is 1.99. The van der Waals surface area contributed by atoms with E-state index in [-0.39, 0.29) is 0 Å². The van der Waals surface area contributed by atoms with Crippen LogP contribution in [0.1, 0.15) is 36.1 Å². The Balaban J connectivity index is 3.29. The van der Waals surface area contributed by atoms with E-state index in [9.17, 15) is 0 Å². The van der Waals surface area contributed by atoms with Crippen molar-refractivity contribution in [3.8, 4) is 0 Å². The quantitative estimate of drug-likeness (QED) is 0.603. The molecule has 0 aliphatic heterocycles. The summed E-state index contributed by atoms with van der Waals surface area (Å²) >= 11 is 0. The first-order valence-corrected chi connectivity index (χ1v) is 4.73. The second-order valence-electron chi connectivity index (χ2n) is 4.03. The molecule has 0 unspecified atom stereocenters. The molecule has 0 radical (unpaired) electrons. The van der Waals surface area contributed by atoms with Gasteiger partial charge in [0.25, 0.3) is 0 Å². The number of rotatable bonds is 1. The van der Waals surface area contributed by atoms with Crippen LogP contribution < -0.4 is 0 Å². The van der Waals surface area contributed by atoms with Crippen LogP contribution >= 0.6 is 0 Å². The molecule has 1 rings (SSSR count). The van der Waals surface area contributed by atoms with Crippen molar-refractivity contribution in [1.82, 2.24) is 0 Å². The van der Waals surface area contributed by atoms with Crippen molar-refractivity contribution in [2.75, 3.05) is 0 Å². The van der Waals surface area contributed by atoms with Gasteiger partial charge < -0.3 is 0 Å². The molecule has 1 aromatic carbocycles. The molecule has 0 saturated heterocycles. The monoisotopic (exact) mass is 174 g/mol. The maximum atomic E-state index is 2.25. The van der Waals surface area contributed by atoms with E-state index in [1.165, 1.54) is 27.8 Å². The Morgan fingerprint density at radius 1 is 1.00 bits per heavy atom. The first-order valence-electron chi connectivity index (χ1n) is 4.73. The number of hydrogen-bond donors (Lipinski definition) is 0. The van der Waals surface area contributed by atoms with E-state index >= 15 is 0 Å². The topological polar surface area (TPSA) is 0 Å². The zero-order valence-electron chi connectivity index (χ0n) is 9.23. The molecule has 0 aromatic heterocycles. The first kappa shape index (κ1) is 10.0. The lowest BCUT2D eigenvalue weighted by atomic mass is 9.98. The normalized spacial score (nSPS) is 9.92. The molecule has 0 nitrogen and oxygen atoms in total. The second-order valence-corrected chi connectivity index (χ2v) is 4.03. The van der Waals surface area contributed by atoms with Gasteiger partial charge in [0.1, 0.15) is 0 Å². The van der Waals surface area contributed by atoms with Crippen molar-refractivity contribution in [3.63, 3.8) is 0 Å². The summed E-state index contributed by atoms with van der Waals surface area (Å²) in [5, 5.41) is 0. The highest BCUT2D eigenvalue weighted by Crippen LogP contribution is 2.19. The third-order valence-corrected chi connectivity index (χ3v) is 2.17. The van der Waals surface area contributed by atoms with Crippen molar-refractivity contribution in [3.05, 3.63) is 40.0 Å².